The Morgan fingerprint density at radius 2 is 0.402 bits per heavy atom. The lowest BCUT2D eigenvalue weighted by Crippen LogP contribution is -2.14. The van der Waals surface area contributed by atoms with Crippen LogP contribution in [0.15, 0.2) is 346 Å². The number of hydrogen-bond acceptors (Lipinski definition) is 4. The van der Waals surface area contributed by atoms with Gasteiger partial charge in [0.2, 0.25) is 0 Å². The van der Waals surface area contributed by atoms with Crippen LogP contribution < -0.4 is 19.6 Å². The van der Waals surface area contributed by atoms with Gasteiger partial charge in [-0.05, 0) is 195 Å². The highest BCUT2D eigenvalue weighted by Gasteiger charge is 2.25. The molecule has 0 aliphatic rings. The molecule has 0 saturated heterocycles. The van der Waals surface area contributed by atoms with Gasteiger partial charge in [0.05, 0.1) is 28.1 Å². The van der Waals surface area contributed by atoms with Crippen molar-refractivity contribution in [3.05, 3.63) is 346 Å². The first-order chi connectivity index (χ1) is 43.1. The molecule has 0 spiro atoms. The van der Waals surface area contributed by atoms with Crippen LogP contribution in [-0.4, -0.2) is 4.57 Å². The zero-order chi connectivity index (χ0) is 57.6. The molecule has 0 radical (unpaired) electrons. The predicted molar refractivity (Wildman–Crippen MR) is 370 cm³/mol. The van der Waals surface area contributed by atoms with Crippen LogP contribution in [0.4, 0.5) is 68.2 Å². The quantitative estimate of drug-likeness (QED) is 0.114. The van der Waals surface area contributed by atoms with Crippen LogP contribution in [0.2, 0.25) is 0 Å². The molecule has 0 aliphatic carbocycles. The second kappa shape index (κ2) is 21.8. The molecule has 0 N–H and O–H groups in total. The van der Waals surface area contributed by atoms with Gasteiger partial charge in [-0.15, -0.1) is 0 Å². The van der Waals surface area contributed by atoms with Gasteiger partial charge < -0.3 is 24.2 Å². The normalized spacial score (nSPS) is 11.4. The second-order valence-corrected chi connectivity index (χ2v) is 22.3. The lowest BCUT2D eigenvalue weighted by molar-refractivity contribution is 1.16. The van der Waals surface area contributed by atoms with Crippen LogP contribution in [0.1, 0.15) is 0 Å². The number of para-hydroxylation sites is 4. The van der Waals surface area contributed by atoms with Crippen LogP contribution in [0.3, 0.4) is 0 Å². The maximum absolute atomic E-state index is 2.49. The molecule has 0 aliphatic heterocycles. The van der Waals surface area contributed by atoms with Crippen LogP contribution >= 0.6 is 0 Å². The number of rotatable bonds is 13. The number of benzene rings is 15. The summed E-state index contributed by atoms with van der Waals surface area (Å²) >= 11 is 0. The molecule has 1 heterocycles. The molecule has 1 aromatic heterocycles. The Morgan fingerprint density at radius 1 is 0.161 bits per heavy atom. The summed E-state index contributed by atoms with van der Waals surface area (Å²) in [7, 11) is 0. The third-order valence-electron chi connectivity index (χ3n) is 16.9. The average molecular weight is 1110 g/mol. The molecule has 5 nitrogen and oxygen atoms in total. The summed E-state index contributed by atoms with van der Waals surface area (Å²) in [4.78, 5) is 9.61. The van der Waals surface area contributed by atoms with E-state index in [4.69, 9.17) is 0 Å². The monoisotopic (exact) mass is 1110 g/mol. The topological polar surface area (TPSA) is 17.9 Å². The minimum Gasteiger partial charge on any atom is -0.310 e. The van der Waals surface area contributed by atoms with Crippen molar-refractivity contribution in [2.45, 2.75) is 0 Å². The zero-order valence-corrected chi connectivity index (χ0v) is 47.6. The Labute approximate surface area is 505 Å². The van der Waals surface area contributed by atoms with Gasteiger partial charge in [0.25, 0.3) is 0 Å². The van der Waals surface area contributed by atoms with E-state index in [0.29, 0.717) is 0 Å². The van der Waals surface area contributed by atoms with Gasteiger partial charge in [0, 0.05) is 67.6 Å². The van der Waals surface area contributed by atoms with E-state index in [0.717, 1.165) is 95.7 Å². The predicted octanol–water partition coefficient (Wildman–Crippen LogP) is 23.3. The van der Waals surface area contributed by atoms with Crippen molar-refractivity contribution in [1.29, 1.82) is 0 Å². The third kappa shape index (κ3) is 9.50. The van der Waals surface area contributed by atoms with Crippen molar-refractivity contribution >= 4 is 133 Å². The maximum Gasteiger partial charge on any atom is 0.0542 e. The summed E-state index contributed by atoms with van der Waals surface area (Å²) in [5.41, 5.74) is 15.8. The number of aromatic nitrogens is 1. The van der Waals surface area contributed by atoms with Crippen molar-refractivity contribution in [3.63, 3.8) is 0 Å². The third-order valence-corrected chi connectivity index (χ3v) is 16.9. The molecular formula is C82H57N5. The van der Waals surface area contributed by atoms with E-state index >= 15 is 0 Å². The Hall–Kier alpha value is -11.7. The second-order valence-electron chi connectivity index (χ2n) is 22.3. The lowest BCUT2D eigenvalue weighted by atomic mass is 10.1. The van der Waals surface area contributed by atoms with Crippen molar-refractivity contribution in [2.75, 3.05) is 19.6 Å². The molecule has 0 saturated carbocycles. The minimum atomic E-state index is 1.01. The van der Waals surface area contributed by atoms with E-state index in [1.54, 1.807) is 0 Å². The summed E-state index contributed by atoms with van der Waals surface area (Å²) in [6.07, 6.45) is 0. The van der Waals surface area contributed by atoms with Gasteiger partial charge in [0.15, 0.2) is 0 Å². The van der Waals surface area contributed by atoms with Crippen LogP contribution in [-0.2, 0) is 0 Å². The lowest BCUT2D eigenvalue weighted by Gasteiger charge is -2.31. The van der Waals surface area contributed by atoms with E-state index in [9.17, 15) is 0 Å². The molecular weight excluding hydrogens is 1050 g/mol. The molecule has 16 aromatic rings. The SMILES string of the molecule is c1ccc(N(c2cc(N(c3ccccc3)c3ccc4ccccc4c3)cc(-n3c4ccc(N(c5ccccc5)c5ccc6ccccc6c5)cc4c4cc(N(c5ccccc5)c5ccc6ccccc6c5)ccc43)c2)c2ccc3ccccc3c2)cc1. The van der Waals surface area contributed by atoms with Gasteiger partial charge >= 0.3 is 0 Å². The molecule has 0 amide bonds. The van der Waals surface area contributed by atoms with Crippen LogP contribution in [0.25, 0.3) is 70.6 Å². The molecule has 16 rings (SSSR count). The zero-order valence-electron chi connectivity index (χ0n) is 47.6. The standard InChI is InChI=1S/C82H57N5/c1-5-29-66(30-6-1)83(70-41-37-58-21-13-17-25-62(58)49-70)74-45-47-81-79(56-74)80-57-75(84(67-31-7-2-8-32-67)71-42-38-59-22-14-18-26-63(59)50-71)46-48-82(80)87(81)78-54-76(85(68-33-9-3-10-34-68)72-43-39-60-23-15-19-27-64(60)51-72)53-77(55-78)86(69-35-11-4-12-36-69)73-44-40-61-24-16-20-28-65(61)52-73/h1-57H. The van der Waals surface area contributed by atoms with Crippen LogP contribution in [0, 0.1) is 0 Å². The molecule has 0 bridgehead atoms. The average Bonchev–Trinajstić information content (AvgIpc) is 2.28. The summed E-state index contributed by atoms with van der Waals surface area (Å²) in [5.74, 6) is 0. The van der Waals surface area contributed by atoms with Gasteiger partial charge in [-0.25, -0.2) is 0 Å². The van der Waals surface area contributed by atoms with E-state index in [-0.39, 0.29) is 0 Å². The fraction of sp³-hybridized carbons (Fsp3) is 0. The Balaban J connectivity index is 0.987. The van der Waals surface area contributed by atoms with Crippen molar-refractivity contribution in [3.8, 4) is 5.69 Å². The van der Waals surface area contributed by atoms with Gasteiger partial charge in [-0.3, -0.25) is 0 Å². The summed E-state index contributed by atoms with van der Waals surface area (Å²) in [6.45, 7) is 0. The highest BCUT2D eigenvalue weighted by molar-refractivity contribution is 6.13. The highest BCUT2D eigenvalue weighted by atomic mass is 15.2. The Bertz CT molecular complexity index is 4880. The Kier molecular flexibility index (Phi) is 12.8. The molecule has 0 fully saturated rings. The van der Waals surface area contributed by atoms with Crippen molar-refractivity contribution in [2.24, 2.45) is 0 Å². The molecule has 0 unspecified atom stereocenters. The maximum atomic E-state index is 2.49. The van der Waals surface area contributed by atoms with Gasteiger partial charge in [-0.2, -0.15) is 0 Å². The molecule has 410 valence electrons. The van der Waals surface area contributed by atoms with E-state index < -0.39 is 0 Å². The van der Waals surface area contributed by atoms with Gasteiger partial charge in [0.1, 0.15) is 0 Å². The summed E-state index contributed by atoms with van der Waals surface area (Å²) in [6, 6.07) is 126. The first-order valence-corrected chi connectivity index (χ1v) is 29.7. The largest absolute Gasteiger partial charge is 0.310 e. The molecule has 87 heavy (non-hydrogen) atoms. The van der Waals surface area contributed by atoms with E-state index in [1.807, 2.05) is 0 Å². The minimum absolute atomic E-state index is 1.01. The fourth-order valence-electron chi connectivity index (χ4n) is 12.9. The number of anilines is 12. The van der Waals surface area contributed by atoms with E-state index in [2.05, 4.69) is 370 Å². The summed E-state index contributed by atoms with van der Waals surface area (Å²) in [5, 5.41) is 11.7. The first-order valence-electron chi connectivity index (χ1n) is 29.7. The van der Waals surface area contributed by atoms with Gasteiger partial charge in [-0.1, -0.05) is 194 Å². The van der Waals surface area contributed by atoms with Crippen molar-refractivity contribution in [1.82, 2.24) is 4.57 Å². The number of fused-ring (bicyclic) bond motifs is 7. The highest BCUT2D eigenvalue weighted by Crippen LogP contribution is 2.48. The Morgan fingerprint density at radius 3 is 0.701 bits per heavy atom. The molecule has 5 heteroatoms. The molecule has 15 aromatic carbocycles. The first kappa shape index (κ1) is 51.0. The van der Waals surface area contributed by atoms with Crippen LogP contribution in [0.5, 0.6) is 0 Å². The molecule has 0 atom stereocenters. The number of nitrogens with zero attached hydrogens (tertiary/aromatic N) is 5. The number of hydrogen-bond donors (Lipinski definition) is 0. The summed E-state index contributed by atoms with van der Waals surface area (Å²) < 4.78 is 2.49. The smallest absolute Gasteiger partial charge is 0.0542 e. The van der Waals surface area contributed by atoms with E-state index in [1.165, 1.54) is 43.1 Å². The fourth-order valence-corrected chi connectivity index (χ4v) is 12.9. The van der Waals surface area contributed by atoms with Crippen molar-refractivity contribution < 1.29 is 0 Å².